The Labute approximate surface area is 93.8 Å². The standard InChI is InChI=1S/C11H14ClFN2/c1-15-6-8(14)5-11(15)9-4-7(13)2-3-10(9)12/h2-4,8,11H,5-6,14H2,1H3. The van der Waals surface area contributed by atoms with Gasteiger partial charge in [-0.2, -0.15) is 0 Å². The predicted molar refractivity (Wildman–Crippen MR) is 59.4 cm³/mol. The first-order chi connectivity index (χ1) is 7.08. The number of nitrogens with zero attached hydrogens (tertiary/aromatic N) is 1. The number of hydrogen-bond donors (Lipinski definition) is 1. The lowest BCUT2D eigenvalue weighted by atomic mass is 10.0. The highest BCUT2D eigenvalue weighted by molar-refractivity contribution is 6.31. The van der Waals surface area contributed by atoms with Gasteiger partial charge < -0.3 is 5.73 Å². The molecule has 1 fully saturated rings. The first-order valence-corrected chi connectivity index (χ1v) is 5.36. The van der Waals surface area contributed by atoms with Crippen LogP contribution in [0, 0.1) is 5.82 Å². The molecule has 1 aromatic carbocycles. The molecule has 1 aliphatic rings. The molecule has 1 aromatic rings. The quantitative estimate of drug-likeness (QED) is 0.799. The van der Waals surface area contributed by atoms with Crippen molar-refractivity contribution >= 4 is 11.6 Å². The van der Waals surface area contributed by atoms with Gasteiger partial charge in [0.1, 0.15) is 5.82 Å². The second-order valence-electron chi connectivity index (χ2n) is 4.12. The zero-order valence-electron chi connectivity index (χ0n) is 8.58. The Morgan fingerprint density at radius 1 is 1.53 bits per heavy atom. The maximum Gasteiger partial charge on any atom is 0.123 e. The van der Waals surface area contributed by atoms with Crippen molar-refractivity contribution in [3.63, 3.8) is 0 Å². The van der Waals surface area contributed by atoms with E-state index in [0.717, 1.165) is 18.5 Å². The Hall–Kier alpha value is -0.640. The molecule has 0 saturated carbocycles. The summed E-state index contributed by atoms with van der Waals surface area (Å²) in [4.78, 5) is 2.12. The van der Waals surface area contributed by atoms with Crippen molar-refractivity contribution in [1.29, 1.82) is 0 Å². The van der Waals surface area contributed by atoms with Crippen LogP contribution in [0.15, 0.2) is 18.2 Å². The molecule has 4 heteroatoms. The fraction of sp³-hybridized carbons (Fsp3) is 0.455. The molecular weight excluding hydrogens is 215 g/mol. The lowest BCUT2D eigenvalue weighted by molar-refractivity contribution is 0.315. The molecule has 1 heterocycles. The predicted octanol–water partition coefficient (Wildman–Crippen LogP) is 2.18. The van der Waals surface area contributed by atoms with Crippen molar-refractivity contribution in [3.05, 3.63) is 34.6 Å². The molecule has 15 heavy (non-hydrogen) atoms. The SMILES string of the molecule is CN1CC(N)CC1c1cc(F)ccc1Cl. The van der Waals surface area contributed by atoms with Crippen LogP contribution in [0.1, 0.15) is 18.0 Å². The number of likely N-dealkylation sites (N-methyl/N-ethyl adjacent to an activating group) is 1. The monoisotopic (exact) mass is 228 g/mol. The number of nitrogens with two attached hydrogens (primary N) is 1. The molecule has 0 spiro atoms. The molecule has 0 aliphatic carbocycles. The highest BCUT2D eigenvalue weighted by Gasteiger charge is 2.29. The summed E-state index contributed by atoms with van der Waals surface area (Å²) in [6.45, 7) is 0.831. The molecule has 2 nitrogen and oxygen atoms in total. The maximum atomic E-state index is 13.1. The van der Waals surface area contributed by atoms with Crippen molar-refractivity contribution in [2.75, 3.05) is 13.6 Å². The van der Waals surface area contributed by atoms with Crippen molar-refractivity contribution < 1.29 is 4.39 Å². The highest BCUT2D eigenvalue weighted by atomic mass is 35.5. The van der Waals surface area contributed by atoms with Crippen LogP contribution in [-0.2, 0) is 0 Å². The van der Waals surface area contributed by atoms with E-state index >= 15 is 0 Å². The Balaban J connectivity index is 2.32. The van der Waals surface area contributed by atoms with E-state index in [2.05, 4.69) is 4.90 Å². The van der Waals surface area contributed by atoms with Gasteiger partial charge in [0.2, 0.25) is 0 Å². The summed E-state index contributed by atoms with van der Waals surface area (Å²) in [7, 11) is 1.98. The fourth-order valence-electron chi connectivity index (χ4n) is 2.17. The molecule has 1 saturated heterocycles. The van der Waals surface area contributed by atoms with Crippen LogP contribution in [0.3, 0.4) is 0 Å². The topological polar surface area (TPSA) is 29.3 Å². The summed E-state index contributed by atoms with van der Waals surface area (Å²) < 4.78 is 13.1. The second kappa shape index (κ2) is 4.08. The number of rotatable bonds is 1. The molecule has 0 aromatic heterocycles. The van der Waals surface area contributed by atoms with Crippen LogP contribution < -0.4 is 5.73 Å². The van der Waals surface area contributed by atoms with Gasteiger partial charge in [-0.25, -0.2) is 4.39 Å². The summed E-state index contributed by atoms with van der Waals surface area (Å²) in [5.41, 5.74) is 6.70. The summed E-state index contributed by atoms with van der Waals surface area (Å²) in [5, 5.41) is 0.613. The average molecular weight is 229 g/mol. The van der Waals surface area contributed by atoms with E-state index in [1.54, 1.807) is 6.07 Å². The lowest BCUT2D eigenvalue weighted by Gasteiger charge is -2.20. The fourth-order valence-corrected chi connectivity index (χ4v) is 2.42. The molecule has 0 amide bonds. The summed E-state index contributed by atoms with van der Waals surface area (Å²) in [6, 6.07) is 4.77. The molecule has 0 bridgehead atoms. The molecule has 1 aliphatic heterocycles. The van der Waals surface area contributed by atoms with E-state index in [1.165, 1.54) is 12.1 Å². The second-order valence-corrected chi connectivity index (χ2v) is 4.52. The Morgan fingerprint density at radius 2 is 2.27 bits per heavy atom. The maximum absolute atomic E-state index is 13.1. The first-order valence-electron chi connectivity index (χ1n) is 4.98. The number of likely N-dealkylation sites (tertiary alicyclic amines) is 1. The summed E-state index contributed by atoms with van der Waals surface area (Å²) >= 11 is 6.06. The molecule has 0 radical (unpaired) electrons. The van der Waals surface area contributed by atoms with Crippen LogP contribution >= 0.6 is 11.6 Å². The molecule has 2 N–H and O–H groups in total. The molecule has 2 atom stereocenters. The third-order valence-corrected chi connectivity index (χ3v) is 3.24. The van der Waals surface area contributed by atoms with E-state index in [0.29, 0.717) is 5.02 Å². The minimum Gasteiger partial charge on any atom is -0.326 e. The highest BCUT2D eigenvalue weighted by Crippen LogP contribution is 2.34. The van der Waals surface area contributed by atoms with Crippen LogP contribution in [0.5, 0.6) is 0 Å². The van der Waals surface area contributed by atoms with E-state index in [9.17, 15) is 4.39 Å². The summed E-state index contributed by atoms with van der Waals surface area (Å²) in [6.07, 6.45) is 0.833. The van der Waals surface area contributed by atoms with Gasteiger partial charge in [0.15, 0.2) is 0 Å². The van der Waals surface area contributed by atoms with Crippen LogP contribution in [-0.4, -0.2) is 24.5 Å². The van der Waals surface area contributed by atoms with Gasteiger partial charge in [-0.1, -0.05) is 11.6 Å². The minimum atomic E-state index is -0.247. The number of hydrogen-bond acceptors (Lipinski definition) is 2. The van der Waals surface area contributed by atoms with Gasteiger partial charge in [-0.15, -0.1) is 0 Å². The Bertz CT molecular complexity index is 370. The smallest absolute Gasteiger partial charge is 0.123 e. The van der Waals surface area contributed by atoms with Crippen molar-refractivity contribution in [1.82, 2.24) is 4.90 Å². The van der Waals surface area contributed by atoms with Gasteiger partial charge in [-0.05, 0) is 37.2 Å². The van der Waals surface area contributed by atoms with Gasteiger partial charge in [-0.3, -0.25) is 4.90 Å². The minimum absolute atomic E-state index is 0.142. The van der Waals surface area contributed by atoms with Crippen molar-refractivity contribution in [2.24, 2.45) is 5.73 Å². The normalized spacial score (nSPS) is 27.2. The third-order valence-electron chi connectivity index (χ3n) is 2.90. The molecular formula is C11H14ClFN2. The summed E-state index contributed by atoms with van der Waals surface area (Å²) in [5.74, 6) is -0.247. The average Bonchev–Trinajstić information content (AvgIpc) is 2.50. The first kappa shape index (κ1) is 10.9. The van der Waals surface area contributed by atoms with E-state index in [-0.39, 0.29) is 17.9 Å². The zero-order chi connectivity index (χ0) is 11.0. The van der Waals surface area contributed by atoms with Crippen LogP contribution in [0.25, 0.3) is 0 Å². The molecule has 2 unspecified atom stereocenters. The largest absolute Gasteiger partial charge is 0.326 e. The zero-order valence-corrected chi connectivity index (χ0v) is 9.34. The Morgan fingerprint density at radius 3 is 2.87 bits per heavy atom. The van der Waals surface area contributed by atoms with Gasteiger partial charge in [0.25, 0.3) is 0 Å². The van der Waals surface area contributed by atoms with E-state index in [4.69, 9.17) is 17.3 Å². The van der Waals surface area contributed by atoms with Gasteiger partial charge in [0, 0.05) is 23.7 Å². The van der Waals surface area contributed by atoms with E-state index in [1.807, 2.05) is 7.05 Å². The van der Waals surface area contributed by atoms with Crippen LogP contribution in [0.4, 0.5) is 4.39 Å². The van der Waals surface area contributed by atoms with Crippen molar-refractivity contribution in [3.8, 4) is 0 Å². The molecule has 2 rings (SSSR count). The molecule has 82 valence electrons. The van der Waals surface area contributed by atoms with Crippen LogP contribution in [0.2, 0.25) is 5.02 Å². The number of benzene rings is 1. The van der Waals surface area contributed by atoms with Gasteiger partial charge >= 0.3 is 0 Å². The van der Waals surface area contributed by atoms with Crippen molar-refractivity contribution in [2.45, 2.75) is 18.5 Å². The lowest BCUT2D eigenvalue weighted by Crippen LogP contribution is -2.24. The van der Waals surface area contributed by atoms with Gasteiger partial charge in [0.05, 0.1) is 0 Å². The van der Waals surface area contributed by atoms with E-state index < -0.39 is 0 Å². The Kier molecular flexibility index (Phi) is 2.96. The number of halogens is 2. The third kappa shape index (κ3) is 2.14.